The van der Waals surface area contributed by atoms with Gasteiger partial charge in [-0.05, 0) is 25.0 Å². The first kappa shape index (κ1) is 16.7. The van der Waals surface area contributed by atoms with E-state index in [1.807, 2.05) is 4.90 Å². The fourth-order valence-corrected chi connectivity index (χ4v) is 3.54. The molecule has 2 saturated heterocycles. The third kappa shape index (κ3) is 3.20. The molecule has 8 heteroatoms. The Balaban J connectivity index is 1.50. The van der Waals surface area contributed by atoms with E-state index in [9.17, 15) is 9.59 Å². The van der Waals surface area contributed by atoms with E-state index < -0.39 is 6.04 Å². The van der Waals surface area contributed by atoms with Gasteiger partial charge >= 0.3 is 0 Å². The quantitative estimate of drug-likeness (QED) is 0.875. The fraction of sp³-hybridized carbons (Fsp3) is 0.444. The molecule has 0 aromatic carbocycles. The fourth-order valence-electron chi connectivity index (χ4n) is 3.54. The number of hydrogen-bond donors (Lipinski definition) is 1. The normalized spacial score (nSPS) is 20.4. The molecule has 0 saturated carbocycles. The van der Waals surface area contributed by atoms with Crippen molar-refractivity contribution in [1.82, 2.24) is 25.3 Å². The van der Waals surface area contributed by atoms with Gasteiger partial charge in [-0.1, -0.05) is 5.16 Å². The van der Waals surface area contributed by atoms with E-state index in [1.165, 1.54) is 0 Å². The number of aromatic nitrogens is 2. The molecule has 26 heavy (non-hydrogen) atoms. The van der Waals surface area contributed by atoms with E-state index in [4.69, 9.17) is 4.52 Å². The maximum atomic E-state index is 12.9. The Kier molecular flexibility index (Phi) is 4.66. The summed E-state index contributed by atoms with van der Waals surface area (Å²) in [4.78, 5) is 33.2. The smallest absolute Gasteiger partial charge is 0.276 e. The Bertz CT molecular complexity index is 785. The zero-order valence-electron chi connectivity index (χ0n) is 14.4. The monoisotopic (exact) mass is 355 g/mol. The third-order valence-electron chi connectivity index (χ3n) is 4.92. The number of carbonyl (C=O) groups excluding carboxylic acids is 2. The largest absolute Gasteiger partial charge is 0.355 e. The summed E-state index contributed by atoms with van der Waals surface area (Å²) in [6.45, 7) is 3.54. The summed E-state index contributed by atoms with van der Waals surface area (Å²) in [6.07, 6.45) is 4.83. The minimum Gasteiger partial charge on any atom is -0.355 e. The van der Waals surface area contributed by atoms with Crippen LogP contribution in [0.3, 0.4) is 0 Å². The molecule has 0 unspecified atom stereocenters. The predicted octanol–water partition coefficient (Wildman–Crippen LogP) is 0.773. The Morgan fingerprint density at radius 2 is 1.92 bits per heavy atom. The number of piperazine rings is 1. The van der Waals surface area contributed by atoms with Crippen LogP contribution in [0.15, 0.2) is 35.1 Å². The summed E-state index contributed by atoms with van der Waals surface area (Å²) in [7, 11) is 0. The lowest BCUT2D eigenvalue weighted by Crippen LogP contribution is -2.53. The molecule has 136 valence electrons. The molecule has 1 atom stereocenters. The summed E-state index contributed by atoms with van der Waals surface area (Å²) in [5, 5.41) is 7.16. The molecule has 2 amide bonds. The second kappa shape index (κ2) is 7.25. The van der Waals surface area contributed by atoms with E-state index in [-0.39, 0.29) is 17.5 Å². The highest BCUT2D eigenvalue weighted by molar-refractivity contribution is 5.97. The second-order valence-electron chi connectivity index (χ2n) is 6.54. The first-order chi connectivity index (χ1) is 12.7. The lowest BCUT2D eigenvalue weighted by molar-refractivity contribution is -0.135. The van der Waals surface area contributed by atoms with Gasteiger partial charge in [-0.25, -0.2) is 0 Å². The highest BCUT2D eigenvalue weighted by Crippen LogP contribution is 2.24. The van der Waals surface area contributed by atoms with Crippen LogP contribution >= 0.6 is 0 Å². The van der Waals surface area contributed by atoms with Crippen molar-refractivity contribution in [2.45, 2.75) is 18.9 Å². The van der Waals surface area contributed by atoms with Crippen molar-refractivity contribution in [2.75, 3.05) is 32.7 Å². The molecule has 0 radical (unpaired) electrons. The highest BCUT2D eigenvalue weighted by Gasteiger charge is 2.38. The molecule has 8 nitrogen and oxygen atoms in total. The van der Waals surface area contributed by atoms with E-state index in [0.717, 1.165) is 25.1 Å². The van der Waals surface area contributed by atoms with Crippen molar-refractivity contribution >= 4 is 11.8 Å². The van der Waals surface area contributed by atoms with Crippen LogP contribution in [-0.4, -0.2) is 70.5 Å². The predicted molar refractivity (Wildman–Crippen MR) is 93.2 cm³/mol. The molecule has 2 aliphatic heterocycles. The maximum Gasteiger partial charge on any atom is 0.276 e. The summed E-state index contributed by atoms with van der Waals surface area (Å²) < 4.78 is 5.31. The van der Waals surface area contributed by atoms with Gasteiger partial charge in [-0.3, -0.25) is 14.6 Å². The van der Waals surface area contributed by atoms with Gasteiger partial charge < -0.3 is 19.6 Å². The lowest BCUT2D eigenvalue weighted by Gasteiger charge is -2.32. The molecular weight excluding hydrogens is 334 g/mol. The van der Waals surface area contributed by atoms with E-state index in [1.54, 1.807) is 35.5 Å². The minimum absolute atomic E-state index is 0.0372. The van der Waals surface area contributed by atoms with Crippen molar-refractivity contribution in [3.8, 4) is 11.3 Å². The molecule has 0 bridgehead atoms. The summed E-state index contributed by atoms with van der Waals surface area (Å²) in [5.41, 5.74) is 1.04. The van der Waals surface area contributed by atoms with E-state index >= 15 is 0 Å². The van der Waals surface area contributed by atoms with Gasteiger partial charge in [0, 0.05) is 56.7 Å². The van der Waals surface area contributed by atoms with Crippen molar-refractivity contribution < 1.29 is 14.1 Å². The minimum atomic E-state index is -0.401. The summed E-state index contributed by atoms with van der Waals surface area (Å²) in [5.74, 6) is 0.301. The molecule has 2 aromatic rings. The Morgan fingerprint density at radius 1 is 1.15 bits per heavy atom. The Labute approximate surface area is 151 Å². The first-order valence-electron chi connectivity index (χ1n) is 8.91. The third-order valence-corrected chi connectivity index (χ3v) is 4.92. The summed E-state index contributed by atoms with van der Waals surface area (Å²) in [6, 6.07) is 4.81. The number of likely N-dealkylation sites (tertiary alicyclic amines) is 1. The SMILES string of the molecule is O=C([C@H]1CCCN1C(=O)c1cc(-c2ccncc2)on1)N1CCNCC1. The number of carbonyl (C=O) groups is 2. The second-order valence-corrected chi connectivity index (χ2v) is 6.54. The molecule has 2 fully saturated rings. The Hall–Kier alpha value is -2.74. The topological polar surface area (TPSA) is 91.6 Å². The van der Waals surface area contributed by atoms with Crippen LogP contribution in [0, 0.1) is 0 Å². The molecule has 0 spiro atoms. The zero-order valence-corrected chi connectivity index (χ0v) is 14.4. The van der Waals surface area contributed by atoms with Crippen molar-refractivity contribution in [3.05, 3.63) is 36.3 Å². The van der Waals surface area contributed by atoms with Crippen LogP contribution in [0.1, 0.15) is 23.3 Å². The van der Waals surface area contributed by atoms with Crippen LogP contribution in [0.4, 0.5) is 0 Å². The number of nitrogens with zero attached hydrogens (tertiary/aromatic N) is 4. The molecule has 1 N–H and O–H groups in total. The number of amides is 2. The van der Waals surface area contributed by atoms with Crippen LogP contribution in [-0.2, 0) is 4.79 Å². The molecule has 2 aromatic heterocycles. The van der Waals surface area contributed by atoms with Crippen LogP contribution in [0.5, 0.6) is 0 Å². The average molecular weight is 355 g/mol. The van der Waals surface area contributed by atoms with Gasteiger partial charge in [-0.15, -0.1) is 0 Å². The molecule has 4 rings (SSSR count). The number of hydrogen-bond acceptors (Lipinski definition) is 6. The number of pyridine rings is 1. The lowest BCUT2D eigenvalue weighted by atomic mass is 10.1. The van der Waals surface area contributed by atoms with Gasteiger partial charge in [0.05, 0.1) is 0 Å². The van der Waals surface area contributed by atoms with E-state index in [0.29, 0.717) is 31.8 Å². The van der Waals surface area contributed by atoms with Crippen LogP contribution in [0.2, 0.25) is 0 Å². The van der Waals surface area contributed by atoms with Crippen LogP contribution < -0.4 is 5.32 Å². The van der Waals surface area contributed by atoms with Gasteiger partial charge in [0.1, 0.15) is 6.04 Å². The Morgan fingerprint density at radius 3 is 2.69 bits per heavy atom. The molecule has 2 aliphatic rings. The zero-order chi connectivity index (χ0) is 17.9. The van der Waals surface area contributed by atoms with Gasteiger partial charge in [0.2, 0.25) is 5.91 Å². The van der Waals surface area contributed by atoms with Crippen LogP contribution in [0.25, 0.3) is 11.3 Å². The van der Waals surface area contributed by atoms with E-state index in [2.05, 4.69) is 15.5 Å². The molecule has 0 aliphatic carbocycles. The molecular formula is C18H21N5O3. The standard InChI is InChI=1S/C18H21N5O3/c24-17(14-12-16(26-21-14)13-3-5-19-6-4-13)23-9-1-2-15(23)18(25)22-10-7-20-8-11-22/h3-6,12,15,20H,1-2,7-11H2/t15-/m1/s1. The number of rotatable bonds is 3. The van der Waals surface area contributed by atoms with Crippen molar-refractivity contribution in [2.24, 2.45) is 0 Å². The van der Waals surface area contributed by atoms with Gasteiger partial charge in [-0.2, -0.15) is 0 Å². The maximum absolute atomic E-state index is 12.9. The number of nitrogens with one attached hydrogen (secondary N) is 1. The van der Waals surface area contributed by atoms with Gasteiger partial charge in [0.15, 0.2) is 11.5 Å². The van der Waals surface area contributed by atoms with Crippen molar-refractivity contribution in [3.63, 3.8) is 0 Å². The average Bonchev–Trinajstić information content (AvgIpc) is 3.38. The van der Waals surface area contributed by atoms with Crippen molar-refractivity contribution in [1.29, 1.82) is 0 Å². The highest BCUT2D eigenvalue weighted by atomic mass is 16.5. The van der Waals surface area contributed by atoms with Gasteiger partial charge in [0.25, 0.3) is 5.91 Å². The summed E-state index contributed by atoms with van der Waals surface area (Å²) >= 11 is 0. The first-order valence-corrected chi connectivity index (χ1v) is 8.91. The molecule has 4 heterocycles.